The van der Waals surface area contributed by atoms with Gasteiger partial charge in [0.2, 0.25) is 0 Å². The molecule has 0 atom stereocenters. The molecule has 0 bridgehead atoms. The largest absolute Gasteiger partial charge is 0.145 e. The standard InChI is InChI=1S/C9H12S/c1-4-5-9-6-7(2)10-8(9)3/h4-6H,1-3H3/b5-4-. The molecule has 0 N–H and O–H groups in total. The van der Waals surface area contributed by atoms with E-state index in [9.17, 15) is 0 Å². The van der Waals surface area contributed by atoms with E-state index in [0.29, 0.717) is 0 Å². The van der Waals surface area contributed by atoms with Gasteiger partial charge in [0.15, 0.2) is 0 Å². The molecule has 0 aliphatic carbocycles. The third-order valence-corrected chi connectivity index (χ3v) is 2.41. The van der Waals surface area contributed by atoms with Gasteiger partial charge < -0.3 is 0 Å². The second-order valence-electron chi connectivity index (χ2n) is 2.37. The molecule has 0 aliphatic rings. The normalized spacial score (nSPS) is 11.1. The van der Waals surface area contributed by atoms with Gasteiger partial charge >= 0.3 is 0 Å². The van der Waals surface area contributed by atoms with Crippen molar-refractivity contribution < 1.29 is 0 Å². The van der Waals surface area contributed by atoms with Gasteiger partial charge in [-0.15, -0.1) is 11.3 Å². The molecule has 0 saturated heterocycles. The predicted octanol–water partition coefficient (Wildman–Crippen LogP) is 3.40. The highest BCUT2D eigenvalue weighted by molar-refractivity contribution is 7.12. The van der Waals surface area contributed by atoms with Crippen molar-refractivity contribution in [2.24, 2.45) is 0 Å². The minimum atomic E-state index is 1.37. The lowest BCUT2D eigenvalue weighted by atomic mass is 10.2. The van der Waals surface area contributed by atoms with Crippen LogP contribution < -0.4 is 0 Å². The van der Waals surface area contributed by atoms with Crippen LogP contribution in [-0.4, -0.2) is 0 Å². The monoisotopic (exact) mass is 152 g/mol. The average Bonchev–Trinajstić information content (AvgIpc) is 2.13. The molecule has 10 heavy (non-hydrogen) atoms. The lowest BCUT2D eigenvalue weighted by Gasteiger charge is -1.84. The molecule has 1 rings (SSSR count). The van der Waals surface area contributed by atoms with Gasteiger partial charge in [0.05, 0.1) is 0 Å². The summed E-state index contributed by atoms with van der Waals surface area (Å²) in [5, 5.41) is 0. The van der Waals surface area contributed by atoms with Gasteiger partial charge in [0.1, 0.15) is 0 Å². The van der Waals surface area contributed by atoms with Crippen LogP contribution in [0.2, 0.25) is 0 Å². The van der Waals surface area contributed by atoms with E-state index in [1.165, 1.54) is 15.3 Å². The molecule has 54 valence electrons. The van der Waals surface area contributed by atoms with E-state index >= 15 is 0 Å². The zero-order chi connectivity index (χ0) is 7.56. The Morgan fingerprint density at radius 3 is 2.50 bits per heavy atom. The molecule has 0 spiro atoms. The van der Waals surface area contributed by atoms with Gasteiger partial charge in [0.25, 0.3) is 0 Å². The second-order valence-corrected chi connectivity index (χ2v) is 3.83. The summed E-state index contributed by atoms with van der Waals surface area (Å²) in [5.74, 6) is 0. The molecule has 0 unspecified atom stereocenters. The van der Waals surface area contributed by atoms with Crippen LogP contribution >= 0.6 is 11.3 Å². The van der Waals surface area contributed by atoms with E-state index in [1.54, 1.807) is 0 Å². The minimum Gasteiger partial charge on any atom is -0.145 e. The summed E-state index contributed by atoms with van der Waals surface area (Å²) in [6.07, 6.45) is 4.23. The lowest BCUT2D eigenvalue weighted by Crippen LogP contribution is -1.65. The van der Waals surface area contributed by atoms with Crippen LogP contribution in [0.1, 0.15) is 22.2 Å². The van der Waals surface area contributed by atoms with E-state index < -0.39 is 0 Å². The molecule has 1 aromatic rings. The Hall–Kier alpha value is -0.560. The Morgan fingerprint density at radius 2 is 2.10 bits per heavy atom. The van der Waals surface area contributed by atoms with Gasteiger partial charge in [-0.05, 0) is 32.4 Å². The van der Waals surface area contributed by atoms with Crippen LogP contribution in [-0.2, 0) is 0 Å². The molecule has 0 fully saturated rings. The molecule has 0 radical (unpaired) electrons. The molecule has 1 heterocycles. The molecule has 0 nitrogen and oxygen atoms in total. The maximum absolute atomic E-state index is 2.22. The predicted molar refractivity (Wildman–Crippen MR) is 48.5 cm³/mol. The van der Waals surface area contributed by atoms with Gasteiger partial charge in [-0.3, -0.25) is 0 Å². The van der Waals surface area contributed by atoms with Gasteiger partial charge in [-0.1, -0.05) is 12.2 Å². The molecular formula is C9H12S. The van der Waals surface area contributed by atoms with E-state index in [0.717, 1.165) is 0 Å². The summed E-state index contributed by atoms with van der Waals surface area (Å²) in [7, 11) is 0. The Morgan fingerprint density at radius 1 is 1.40 bits per heavy atom. The van der Waals surface area contributed by atoms with Crippen LogP contribution in [0.5, 0.6) is 0 Å². The topological polar surface area (TPSA) is 0 Å². The third-order valence-electron chi connectivity index (χ3n) is 1.43. The third kappa shape index (κ3) is 1.48. The maximum Gasteiger partial charge on any atom is 0.00892 e. The second kappa shape index (κ2) is 3.02. The quantitative estimate of drug-likeness (QED) is 0.578. The van der Waals surface area contributed by atoms with Crippen LogP contribution in [0.25, 0.3) is 6.08 Å². The summed E-state index contributed by atoms with van der Waals surface area (Å²) >= 11 is 1.86. The fourth-order valence-corrected chi connectivity index (χ4v) is 1.91. The van der Waals surface area contributed by atoms with Crippen LogP contribution in [0, 0.1) is 13.8 Å². The first kappa shape index (κ1) is 7.55. The zero-order valence-corrected chi connectivity index (χ0v) is 7.46. The van der Waals surface area contributed by atoms with Gasteiger partial charge in [-0.25, -0.2) is 0 Å². The fourth-order valence-electron chi connectivity index (χ4n) is 0.996. The van der Waals surface area contributed by atoms with E-state index in [4.69, 9.17) is 0 Å². The van der Waals surface area contributed by atoms with Crippen molar-refractivity contribution in [3.63, 3.8) is 0 Å². The van der Waals surface area contributed by atoms with Crippen molar-refractivity contribution in [1.29, 1.82) is 0 Å². The van der Waals surface area contributed by atoms with E-state index in [-0.39, 0.29) is 0 Å². The molecule has 0 aromatic carbocycles. The minimum absolute atomic E-state index is 1.37. The summed E-state index contributed by atoms with van der Waals surface area (Å²) in [5.41, 5.74) is 1.37. The van der Waals surface area contributed by atoms with Crippen molar-refractivity contribution in [2.75, 3.05) is 0 Å². The van der Waals surface area contributed by atoms with Crippen LogP contribution in [0.15, 0.2) is 12.1 Å². The molecule has 1 heteroatoms. The van der Waals surface area contributed by atoms with E-state index in [1.807, 2.05) is 18.3 Å². The molecule has 0 saturated carbocycles. The Labute approximate surface area is 66.2 Å². The highest BCUT2D eigenvalue weighted by Gasteiger charge is 1.96. The number of aryl methyl sites for hydroxylation is 2. The first-order chi connectivity index (χ1) is 4.74. The fraction of sp³-hybridized carbons (Fsp3) is 0.333. The molecule has 1 aromatic heterocycles. The number of rotatable bonds is 1. The number of hydrogen-bond acceptors (Lipinski definition) is 1. The molecule has 0 amide bonds. The highest BCUT2D eigenvalue weighted by Crippen LogP contribution is 2.21. The summed E-state index contributed by atoms with van der Waals surface area (Å²) in [6.45, 7) is 6.35. The zero-order valence-electron chi connectivity index (χ0n) is 6.64. The average molecular weight is 152 g/mol. The first-order valence-electron chi connectivity index (χ1n) is 3.43. The van der Waals surface area contributed by atoms with Crippen LogP contribution in [0.4, 0.5) is 0 Å². The van der Waals surface area contributed by atoms with Gasteiger partial charge in [0, 0.05) is 9.75 Å². The maximum atomic E-state index is 2.22. The Bertz CT molecular complexity index is 243. The van der Waals surface area contributed by atoms with Crippen molar-refractivity contribution in [2.45, 2.75) is 20.8 Å². The van der Waals surface area contributed by atoms with Gasteiger partial charge in [-0.2, -0.15) is 0 Å². The van der Waals surface area contributed by atoms with E-state index in [2.05, 4.69) is 32.1 Å². The summed E-state index contributed by atoms with van der Waals surface area (Å²) in [4.78, 5) is 2.81. The Kier molecular flexibility index (Phi) is 2.28. The smallest absolute Gasteiger partial charge is 0.00892 e. The molecular weight excluding hydrogens is 140 g/mol. The van der Waals surface area contributed by atoms with Crippen molar-refractivity contribution in [3.05, 3.63) is 27.5 Å². The number of thiophene rings is 1. The van der Waals surface area contributed by atoms with Crippen LogP contribution in [0.3, 0.4) is 0 Å². The SMILES string of the molecule is C/C=C\c1cc(C)sc1C. The Balaban J connectivity index is 3.03. The summed E-state index contributed by atoms with van der Waals surface area (Å²) in [6, 6.07) is 2.22. The highest BCUT2D eigenvalue weighted by atomic mass is 32.1. The van der Waals surface area contributed by atoms with Crippen molar-refractivity contribution in [3.8, 4) is 0 Å². The lowest BCUT2D eigenvalue weighted by molar-refractivity contribution is 1.57. The first-order valence-corrected chi connectivity index (χ1v) is 4.25. The number of hydrogen-bond donors (Lipinski definition) is 0. The number of allylic oxidation sites excluding steroid dienone is 1. The molecule has 0 aliphatic heterocycles. The van der Waals surface area contributed by atoms with Crippen molar-refractivity contribution >= 4 is 17.4 Å². The summed E-state index contributed by atoms with van der Waals surface area (Å²) < 4.78 is 0. The van der Waals surface area contributed by atoms with Crippen molar-refractivity contribution in [1.82, 2.24) is 0 Å².